The molecule has 3 aromatic carbocycles. The molecule has 0 aliphatic rings. The summed E-state index contributed by atoms with van der Waals surface area (Å²) in [4.78, 5) is 27.4. The normalized spacial score (nSPS) is 11.0. The Morgan fingerprint density at radius 2 is 1.71 bits per heavy atom. The summed E-state index contributed by atoms with van der Waals surface area (Å²) < 4.78 is 10.7. The number of nitrogens with zero attached hydrogens (tertiary/aromatic N) is 1. The SMILES string of the molecule is COc1cc(C=Nc2ccc(C(=O)O)cc2)cc(Cl)c1OC(=O)/C=C/c1ccccc1. The molecule has 0 bridgehead atoms. The summed E-state index contributed by atoms with van der Waals surface area (Å²) in [6, 6.07) is 18.7. The monoisotopic (exact) mass is 435 g/mol. The summed E-state index contributed by atoms with van der Waals surface area (Å²) in [5.74, 6) is -1.22. The van der Waals surface area contributed by atoms with Crippen molar-refractivity contribution in [1.82, 2.24) is 0 Å². The standard InChI is InChI=1S/C24H18ClNO5/c1-30-21-14-17(15-26-19-10-8-18(9-11-19)24(28)29)13-20(25)23(21)31-22(27)12-7-16-5-3-2-4-6-16/h2-15H,1H3,(H,28,29)/b12-7+,26-15?. The molecule has 3 rings (SSSR count). The number of halogens is 1. The Morgan fingerprint density at radius 1 is 1.00 bits per heavy atom. The largest absolute Gasteiger partial charge is 0.493 e. The molecule has 0 atom stereocenters. The van der Waals surface area contributed by atoms with Gasteiger partial charge in [0.15, 0.2) is 11.5 Å². The fourth-order valence-corrected chi connectivity index (χ4v) is 2.87. The van der Waals surface area contributed by atoms with Crippen molar-refractivity contribution in [1.29, 1.82) is 0 Å². The lowest BCUT2D eigenvalue weighted by Gasteiger charge is -2.11. The lowest BCUT2D eigenvalue weighted by atomic mass is 10.2. The van der Waals surface area contributed by atoms with E-state index in [4.69, 9.17) is 26.2 Å². The molecule has 0 heterocycles. The third-order valence-electron chi connectivity index (χ3n) is 4.14. The minimum atomic E-state index is -1.00. The number of esters is 1. The lowest BCUT2D eigenvalue weighted by molar-refractivity contribution is -0.129. The van der Waals surface area contributed by atoms with Gasteiger partial charge in [-0.15, -0.1) is 0 Å². The molecule has 6 nitrogen and oxygen atoms in total. The summed E-state index contributed by atoms with van der Waals surface area (Å²) >= 11 is 6.30. The number of carbonyl (C=O) groups excluding carboxylic acids is 1. The molecule has 0 amide bonds. The summed E-state index contributed by atoms with van der Waals surface area (Å²) in [6.07, 6.45) is 4.49. The highest BCUT2D eigenvalue weighted by molar-refractivity contribution is 6.32. The number of benzene rings is 3. The first-order valence-electron chi connectivity index (χ1n) is 9.16. The molecule has 3 aromatic rings. The van der Waals surface area contributed by atoms with Crippen molar-refractivity contribution >= 4 is 41.5 Å². The number of carbonyl (C=O) groups is 2. The molecular weight excluding hydrogens is 418 g/mol. The first-order chi connectivity index (χ1) is 15.0. The average molecular weight is 436 g/mol. The van der Waals surface area contributed by atoms with Crippen LogP contribution in [-0.4, -0.2) is 30.4 Å². The third kappa shape index (κ3) is 6.04. The molecule has 0 fully saturated rings. The molecule has 0 saturated heterocycles. The molecule has 0 aliphatic heterocycles. The minimum absolute atomic E-state index is 0.106. The van der Waals surface area contributed by atoms with Crippen molar-refractivity contribution < 1.29 is 24.2 Å². The fourth-order valence-electron chi connectivity index (χ4n) is 2.62. The van der Waals surface area contributed by atoms with Crippen molar-refractivity contribution in [3.63, 3.8) is 0 Å². The summed E-state index contributed by atoms with van der Waals surface area (Å²) in [5, 5.41) is 9.13. The van der Waals surface area contributed by atoms with Gasteiger partial charge in [-0.05, 0) is 53.6 Å². The van der Waals surface area contributed by atoms with Crippen molar-refractivity contribution in [3.8, 4) is 11.5 Å². The second kappa shape index (κ2) is 10.2. The molecule has 156 valence electrons. The quantitative estimate of drug-likeness (QED) is 0.232. The van der Waals surface area contributed by atoms with E-state index in [0.29, 0.717) is 11.3 Å². The average Bonchev–Trinajstić information content (AvgIpc) is 2.78. The Hall–Kier alpha value is -3.90. The van der Waals surface area contributed by atoms with Gasteiger partial charge in [-0.3, -0.25) is 4.99 Å². The first-order valence-corrected chi connectivity index (χ1v) is 9.54. The van der Waals surface area contributed by atoms with Gasteiger partial charge >= 0.3 is 11.9 Å². The molecule has 31 heavy (non-hydrogen) atoms. The predicted molar refractivity (Wildman–Crippen MR) is 120 cm³/mol. The predicted octanol–water partition coefficient (Wildman–Crippen LogP) is 5.42. The highest BCUT2D eigenvalue weighted by Gasteiger charge is 2.14. The molecule has 0 unspecified atom stereocenters. The number of rotatable bonds is 7. The van der Waals surface area contributed by atoms with E-state index in [0.717, 1.165) is 5.56 Å². The zero-order chi connectivity index (χ0) is 22.2. The van der Waals surface area contributed by atoms with E-state index in [2.05, 4.69) is 4.99 Å². The van der Waals surface area contributed by atoms with Crippen molar-refractivity contribution in [3.05, 3.63) is 94.5 Å². The van der Waals surface area contributed by atoms with Crippen LogP contribution >= 0.6 is 11.6 Å². The van der Waals surface area contributed by atoms with Crippen LogP contribution < -0.4 is 9.47 Å². The van der Waals surface area contributed by atoms with Crippen LogP contribution in [-0.2, 0) is 4.79 Å². The number of ether oxygens (including phenoxy) is 2. The highest BCUT2D eigenvalue weighted by atomic mass is 35.5. The topological polar surface area (TPSA) is 85.2 Å². The van der Waals surface area contributed by atoms with Gasteiger partial charge in [0, 0.05) is 12.3 Å². The Morgan fingerprint density at radius 3 is 2.35 bits per heavy atom. The third-order valence-corrected chi connectivity index (χ3v) is 4.42. The van der Waals surface area contributed by atoms with Gasteiger partial charge in [-0.2, -0.15) is 0 Å². The molecule has 0 aromatic heterocycles. The van der Waals surface area contributed by atoms with Gasteiger partial charge in [0.2, 0.25) is 0 Å². The van der Waals surface area contributed by atoms with Gasteiger partial charge in [0.25, 0.3) is 0 Å². The van der Waals surface area contributed by atoms with E-state index < -0.39 is 11.9 Å². The van der Waals surface area contributed by atoms with E-state index in [1.807, 2.05) is 30.3 Å². The number of methoxy groups -OCH3 is 1. The number of hydrogen-bond acceptors (Lipinski definition) is 5. The summed E-state index contributed by atoms with van der Waals surface area (Å²) in [5.41, 5.74) is 2.22. The van der Waals surface area contributed by atoms with Crippen LogP contribution in [0, 0.1) is 0 Å². The zero-order valence-corrected chi connectivity index (χ0v) is 17.2. The van der Waals surface area contributed by atoms with E-state index in [1.54, 1.807) is 36.6 Å². The minimum Gasteiger partial charge on any atom is -0.493 e. The summed E-state index contributed by atoms with van der Waals surface area (Å²) in [6.45, 7) is 0. The molecule has 1 N–H and O–H groups in total. The Bertz CT molecular complexity index is 1140. The Kier molecular flexibility index (Phi) is 7.19. The maximum absolute atomic E-state index is 12.2. The highest BCUT2D eigenvalue weighted by Crippen LogP contribution is 2.36. The van der Waals surface area contributed by atoms with Crippen LogP contribution in [0.5, 0.6) is 11.5 Å². The molecule has 0 aliphatic carbocycles. The van der Waals surface area contributed by atoms with Crippen LogP contribution in [0.1, 0.15) is 21.5 Å². The van der Waals surface area contributed by atoms with Gasteiger partial charge in [-0.1, -0.05) is 41.9 Å². The zero-order valence-electron chi connectivity index (χ0n) is 16.5. The van der Waals surface area contributed by atoms with Crippen LogP contribution in [0.2, 0.25) is 5.02 Å². The molecule has 7 heteroatoms. The number of hydrogen-bond donors (Lipinski definition) is 1. The maximum atomic E-state index is 12.2. The molecular formula is C24H18ClNO5. The van der Waals surface area contributed by atoms with Crippen LogP contribution in [0.3, 0.4) is 0 Å². The van der Waals surface area contributed by atoms with E-state index >= 15 is 0 Å². The van der Waals surface area contributed by atoms with Crippen molar-refractivity contribution in [2.45, 2.75) is 0 Å². The molecule has 0 radical (unpaired) electrons. The van der Waals surface area contributed by atoms with E-state index in [1.165, 1.54) is 25.3 Å². The van der Waals surface area contributed by atoms with Crippen LogP contribution in [0.15, 0.2) is 77.8 Å². The number of aliphatic imine (C=N–C) groups is 1. The van der Waals surface area contributed by atoms with Gasteiger partial charge in [0.05, 0.1) is 23.4 Å². The second-order valence-electron chi connectivity index (χ2n) is 6.31. The molecule has 0 spiro atoms. The Balaban J connectivity index is 1.75. The van der Waals surface area contributed by atoms with Crippen molar-refractivity contribution in [2.75, 3.05) is 7.11 Å². The van der Waals surface area contributed by atoms with Gasteiger partial charge < -0.3 is 14.6 Å². The van der Waals surface area contributed by atoms with Crippen LogP contribution in [0.4, 0.5) is 5.69 Å². The number of carboxylic acid groups (broad SMARTS) is 1. The van der Waals surface area contributed by atoms with Crippen molar-refractivity contribution in [2.24, 2.45) is 4.99 Å². The van der Waals surface area contributed by atoms with Crippen LogP contribution in [0.25, 0.3) is 6.08 Å². The van der Waals surface area contributed by atoms with E-state index in [-0.39, 0.29) is 22.1 Å². The smallest absolute Gasteiger partial charge is 0.336 e. The van der Waals surface area contributed by atoms with E-state index in [9.17, 15) is 9.59 Å². The van der Waals surface area contributed by atoms with Gasteiger partial charge in [0.1, 0.15) is 0 Å². The van der Waals surface area contributed by atoms with Gasteiger partial charge in [-0.25, -0.2) is 9.59 Å². The second-order valence-corrected chi connectivity index (χ2v) is 6.72. The number of carboxylic acids is 1. The maximum Gasteiger partial charge on any atom is 0.336 e. The summed E-state index contributed by atoms with van der Waals surface area (Å²) in [7, 11) is 1.44. The molecule has 0 saturated carbocycles. The number of aromatic carboxylic acids is 1. The first kappa shape index (κ1) is 21.8. The fraction of sp³-hybridized carbons (Fsp3) is 0.0417. The Labute approximate surface area is 184 Å². The lowest BCUT2D eigenvalue weighted by Crippen LogP contribution is -2.06.